The lowest BCUT2D eigenvalue weighted by Gasteiger charge is -2.11. The monoisotopic (exact) mass is 304 g/mol. The molecule has 0 spiro atoms. The number of allylic oxidation sites excluding steroid dienone is 1. The van der Waals surface area contributed by atoms with Gasteiger partial charge < -0.3 is 18.6 Å². The van der Waals surface area contributed by atoms with E-state index in [0.29, 0.717) is 29.1 Å². The predicted molar refractivity (Wildman–Crippen MR) is 85.1 cm³/mol. The standard InChI is InChI=1S/C17H20O5/c1-4-5-6-7-10-21-16-15(20-3)13-9-8-12(19-2)11-14(13)22-17(16)18/h5-6,8-9,11H,4,7,10H2,1-3H3. The molecule has 1 aromatic heterocycles. The van der Waals surface area contributed by atoms with Gasteiger partial charge in [-0.2, -0.15) is 0 Å². The number of ether oxygens (including phenoxy) is 3. The molecule has 0 aliphatic heterocycles. The van der Waals surface area contributed by atoms with Crippen LogP contribution in [0.1, 0.15) is 19.8 Å². The Bertz CT molecular complexity index is 715. The molecule has 0 unspecified atom stereocenters. The maximum absolute atomic E-state index is 12.1. The van der Waals surface area contributed by atoms with Gasteiger partial charge in [-0.3, -0.25) is 0 Å². The summed E-state index contributed by atoms with van der Waals surface area (Å²) in [6.45, 7) is 2.45. The molecule has 0 saturated carbocycles. The van der Waals surface area contributed by atoms with Crippen LogP contribution in [-0.2, 0) is 0 Å². The molecule has 1 aromatic carbocycles. The number of methoxy groups -OCH3 is 2. The van der Waals surface area contributed by atoms with Crippen molar-refractivity contribution in [1.29, 1.82) is 0 Å². The molecule has 0 atom stereocenters. The average Bonchev–Trinajstić information content (AvgIpc) is 2.54. The van der Waals surface area contributed by atoms with Crippen LogP contribution in [0.15, 0.2) is 39.6 Å². The van der Waals surface area contributed by atoms with E-state index < -0.39 is 5.63 Å². The van der Waals surface area contributed by atoms with Crippen LogP contribution < -0.4 is 19.8 Å². The number of hydrogen-bond donors (Lipinski definition) is 0. The van der Waals surface area contributed by atoms with E-state index in [1.54, 1.807) is 25.3 Å². The van der Waals surface area contributed by atoms with Crippen molar-refractivity contribution in [2.45, 2.75) is 19.8 Å². The van der Waals surface area contributed by atoms with Crippen LogP contribution >= 0.6 is 0 Å². The summed E-state index contributed by atoms with van der Waals surface area (Å²) < 4.78 is 21.3. The molecule has 2 rings (SSSR count). The fourth-order valence-electron chi connectivity index (χ4n) is 2.10. The summed E-state index contributed by atoms with van der Waals surface area (Å²) in [6.07, 6.45) is 5.76. The molecule has 0 fully saturated rings. The fourth-order valence-corrected chi connectivity index (χ4v) is 2.10. The molecular formula is C17H20O5. The van der Waals surface area contributed by atoms with Gasteiger partial charge in [-0.25, -0.2) is 4.79 Å². The van der Waals surface area contributed by atoms with Crippen LogP contribution in [0.2, 0.25) is 0 Å². The van der Waals surface area contributed by atoms with Crippen LogP contribution in [0, 0.1) is 0 Å². The lowest BCUT2D eigenvalue weighted by Crippen LogP contribution is -2.10. The summed E-state index contributed by atoms with van der Waals surface area (Å²) in [4.78, 5) is 12.1. The van der Waals surface area contributed by atoms with E-state index in [-0.39, 0.29) is 5.75 Å². The Hall–Kier alpha value is -2.43. The largest absolute Gasteiger partial charge is 0.497 e. The first-order valence-corrected chi connectivity index (χ1v) is 7.17. The number of hydrogen-bond acceptors (Lipinski definition) is 5. The minimum absolute atomic E-state index is 0.102. The van der Waals surface area contributed by atoms with Gasteiger partial charge in [-0.1, -0.05) is 19.1 Å². The molecule has 0 N–H and O–H groups in total. The second-order valence-corrected chi connectivity index (χ2v) is 4.63. The Labute approximate surface area is 129 Å². The Morgan fingerprint density at radius 3 is 2.64 bits per heavy atom. The maximum Gasteiger partial charge on any atom is 0.383 e. The smallest absolute Gasteiger partial charge is 0.383 e. The molecule has 0 radical (unpaired) electrons. The Morgan fingerprint density at radius 1 is 1.14 bits per heavy atom. The van der Waals surface area contributed by atoms with E-state index >= 15 is 0 Å². The SMILES string of the molecule is CCC=CCCOc1c(OC)c2ccc(OC)cc2oc1=O. The van der Waals surface area contributed by atoms with Crippen molar-refractivity contribution in [1.82, 2.24) is 0 Å². The zero-order valence-electron chi connectivity index (χ0n) is 13.0. The van der Waals surface area contributed by atoms with Gasteiger partial charge >= 0.3 is 5.63 Å². The van der Waals surface area contributed by atoms with E-state index in [0.717, 1.165) is 12.8 Å². The molecule has 0 saturated heterocycles. The first-order chi connectivity index (χ1) is 10.7. The fraction of sp³-hybridized carbons (Fsp3) is 0.353. The van der Waals surface area contributed by atoms with Crippen molar-refractivity contribution in [3.8, 4) is 17.2 Å². The molecule has 2 aromatic rings. The van der Waals surface area contributed by atoms with Crippen molar-refractivity contribution in [2.75, 3.05) is 20.8 Å². The molecule has 1 heterocycles. The van der Waals surface area contributed by atoms with Gasteiger partial charge in [0.25, 0.3) is 0 Å². The molecule has 118 valence electrons. The minimum atomic E-state index is -0.558. The van der Waals surface area contributed by atoms with Gasteiger partial charge in [-0.05, 0) is 25.0 Å². The highest BCUT2D eigenvalue weighted by Gasteiger charge is 2.17. The third kappa shape index (κ3) is 3.42. The van der Waals surface area contributed by atoms with Gasteiger partial charge in [0.05, 0.1) is 26.2 Å². The van der Waals surface area contributed by atoms with Gasteiger partial charge in [0.15, 0.2) is 5.75 Å². The summed E-state index contributed by atoms with van der Waals surface area (Å²) in [5.41, 5.74) is -0.156. The highest BCUT2D eigenvalue weighted by molar-refractivity contribution is 5.86. The van der Waals surface area contributed by atoms with Crippen LogP contribution in [0.3, 0.4) is 0 Å². The van der Waals surface area contributed by atoms with E-state index in [1.165, 1.54) is 7.11 Å². The molecule has 5 heteroatoms. The summed E-state index contributed by atoms with van der Waals surface area (Å²) in [5, 5.41) is 0.669. The number of rotatable bonds is 7. The zero-order chi connectivity index (χ0) is 15.9. The van der Waals surface area contributed by atoms with Crippen LogP contribution in [-0.4, -0.2) is 20.8 Å². The van der Waals surface area contributed by atoms with E-state index in [4.69, 9.17) is 18.6 Å². The number of fused-ring (bicyclic) bond motifs is 1. The maximum atomic E-state index is 12.1. The van der Waals surface area contributed by atoms with E-state index in [1.807, 2.05) is 6.08 Å². The Kier molecular flexibility index (Phi) is 5.47. The minimum Gasteiger partial charge on any atom is -0.497 e. The summed E-state index contributed by atoms with van der Waals surface area (Å²) in [5.74, 6) is 1.09. The van der Waals surface area contributed by atoms with Crippen LogP contribution in [0.4, 0.5) is 0 Å². The third-order valence-electron chi connectivity index (χ3n) is 3.17. The van der Waals surface area contributed by atoms with Crippen molar-refractivity contribution >= 4 is 11.0 Å². The normalized spacial score (nSPS) is 11.0. The first kappa shape index (κ1) is 15.9. The van der Waals surface area contributed by atoms with Gasteiger partial charge in [0, 0.05) is 6.07 Å². The Balaban J connectivity index is 2.35. The molecule has 0 bridgehead atoms. The van der Waals surface area contributed by atoms with Gasteiger partial charge in [0.1, 0.15) is 11.3 Å². The first-order valence-electron chi connectivity index (χ1n) is 7.17. The zero-order valence-corrected chi connectivity index (χ0v) is 13.0. The van der Waals surface area contributed by atoms with E-state index in [9.17, 15) is 4.79 Å². The highest BCUT2D eigenvalue weighted by atomic mass is 16.5. The van der Waals surface area contributed by atoms with Crippen LogP contribution in [0.25, 0.3) is 11.0 Å². The second kappa shape index (κ2) is 7.54. The summed E-state index contributed by atoms with van der Waals surface area (Å²) in [6, 6.07) is 5.20. The van der Waals surface area contributed by atoms with Crippen molar-refractivity contribution in [2.24, 2.45) is 0 Å². The van der Waals surface area contributed by atoms with E-state index in [2.05, 4.69) is 13.0 Å². The highest BCUT2D eigenvalue weighted by Crippen LogP contribution is 2.34. The molecule has 22 heavy (non-hydrogen) atoms. The molecule has 5 nitrogen and oxygen atoms in total. The lowest BCUT2D eigenvalue weighted by atomic mass is 10.2. The summed E-state index contributed by atoms with van der Waals surface area (Å²) >= 11 is 0. The number of benzene rings is 1. The third-order valence-corrected chi connectivity index (χ3v) is 3.17. The molecular weight excluding hydrogens is 284 g/mol. The Morgan fingerprint density at radius 2 is 1.95 bits per heavy atom. The van der Waals surface area contributed by atoms with Crippen molar-refractivity contribution < 1.29 is 18.6 Å². The molecule has 0 aliphatic rings. The predicted octanol–water partition coefficient (Wildman–Crippen LogP) is 3.55. The summed E-state index contributed by atoms with van der Waals surface area (Å²) in [7, 11) is 3.06. The van der Waals surface area contributed by atoms with Crippen molar-refractivity contribution in [3.05, 3.63) is 40.8 Å². The molecule has 0 amide bonds. The molecule has 0 aliphatic carbocycles. The lowest BCUT2D eigenvalue weighted by molar-refractivity contribution is 0.285. The average molecular weight is 304 g/mol. The van der Waals surface area contributed by atoms with Crippen molar-refractivity contribution in [3.63, 3.8) is 0 Å². The van der Waals surface area contributed by atoms with Crippen LogP contribution in [0.5, 0.6) is 17.2 Å². The second-order valence-electron chi connectivity index (χ2n) is 4.63. The van der Waals surface area contributed by atoms with Gasteiger partial charge in [0.2, 0.25) is 5.75 Å². The topological polar surface area (TPSA) is 57.9 Å². The quantitative estimate of drug-likeness (QED) is 0.445. The van der Waals surface area contributed by atoms with Gasteiger partial charge in [-0.15, -0.1) is 0 Å².